The van der Waals surface area contributed by atoms with Gasteiger partial charge in [0.15, 0.2) is 0 Å². The van der Waals surface area contributed by atoms with E-state index in [4.69, 9.17) is 5.73 Å². The lowest BCUT2D eigenvalue weighted by Gasteiger charge is -2.06. The van der Waals surface area contributed by atoms with Crippen molar-refractivity contribution in [1.82, 2.24) is 0 Å². The van der Waals surface area contributed by atoms with Crippen LogP contribution in [0.4, 0.5) is 0 Å². The van der Waals surface area contributed by atoms with Gasteiger partial charge in [-0.3, -0.25) is 0 Å². The first-order valence-electron chi connectivity index (χ1n) is 6.55. The molecule has 0 aliphatic heterocycles. The summed E-state index contributed by atoms with van der Waals surface area (Å²) in [7, 11) is 0. The van der Waals surface area contributed by atoms with Crippen LogP contribution in [0.2, 0.25) is 0 Å². The van der Waals surface area contributed by atoms with Crippen molar-refractivity contribution in [2.45, 2.75) is 67.9 Å². The van der Waals surface area contributed by atoms with E-state index in [1.807, 2.05) is 34.6 Å². The van der Waals surface area contributed by atoms with Gasteiger partial charge in [0, 0.05) is 6.04 Å². The SMILES string of the molecule is C.CC.CC.CCc1cccc(CC(C)N)c1. The van der Waals surface area contributed by atoms with Crippen molar-refractivity contribution in [2.24, 2.45) is 5.73 Å². The fraction of sp³-hybridized carbons (Fsp3) is 0.625. The van der Waals surface area contributed by atoms with Crippen molar-refractivity contribution in [3.8, 4) is 0 Å². The summed E-state index contributed by atoms with van der Waals surface area (Å²) in [5, 5.41) is 0. The Hall–Kier alpha value is -0.820. The van der Waals surface area contributed by atoms with E-state index in [0.29, 0.717) is 0 Å². The average Bonchev–Trinajstić information content (AvgIpc) is 2.33. The quantitative estimate of drug-likeness (QED) is 0.803. The molecule has 0 aliphatic rings. The molecule has 0 aliphatic carbocycles. The minimum absolute atomic E-state index is 0. The van der Waals surface area contributed by atoms with Gasteiger partial charge in [-0.15, -0.1) is 0 Å². The first kappa shape index (κ1) is 21.5. The van der Waals surface area contributed by atoms with Crippen LogP contribution in [0.15, 0.2) is 24.3 Å². The molecule has 1 rings (SSSR count). The predicted molar refractivity (Wildman–Crippen MR) is 82.6 cm³/mol. The molecule has 0 radical (unpaired) electrons. The molecule has 1 unspecified atom stereocenters. The van der Waals surface area contributed by atoms with Crippen molar-refractivity contribution in [2.75, 3.05) is 0 Å². The van der Waals surface area contributed by atoms with E-state index in [1.54, 1.807) is 0 Å². The Morgan fingerprint density at radius 2 is 1.53 bits per heavy atom. The molecule has 0 saturated carbocycles. The second kappa shape index (κ2) is 15.2. The van der Waals surface area contributed by atoms with Gasteiger partial charge < -0.3 is 5.73 Å². The summed E-state index contributed by atoms with van der Waals surface area (Å²) in [5.41, 5.74) is 8.46. The monoisotopic (exact) mass is 239 g/mol. The van der Waals surface area contributed by atoms with Crippen LogP contribution in [0, 0.1) is 0 Å². The minimum atomic E-state index is 0. The molecule has 1 aromatic carbocycles. The predicted octanol–water partition coefficient (Wildman–Crippen LogP) is 4.83. The summed E-state index contributed by atoms with van der Waals surface area (Å²) in [5.74, 6) is 0. The fourth-order valence-corrected chi connectivity index (χ4v) is 1.35. The normalized spacial score (nSPS) is 9.82. The Bertz CT molecular complexity index is 241. The summed E-state index contributed by atoms with van der Waals surface area (Å²) >= 11 is 0. The molecule has 0 bridgehead atoms. The fourth-order valence-electron chi connectivity index (χ4n) is 1.35. The summed E-state index contributed by atoms with van der Waals surface area (Å²) in [6.07, 6.45) is 2.08. The Morgan fingerprint density at radius 3 is 1.94 bits per heavy atom. The van der Waals surface area contributed by atoms with Gasteiger partial charge in [-0.2, -0.15) is 0 Å². The number of hydrogen-bond donors (Lipinski definition) is 1. The zero-order valence-corrected chi connectivity index (χ0v) is 11.9. The Labute approximate surface area is 109 Å². The highest BCUT2D eigenvalue weighted by Crippen LogP contribution is 2.07. The largest absolute Gasteiger partial charge is 0.328 e. The lowest BCUT2D eigenvalue weighted by molar-refractivity contribution is 0.737. The molecule has 0 heterocycles. The second-order valence-electron chi connectivity index (χ2n) is 3.35. The van der Waals surface area contributed by atoms with Gasteiger partial charge in [0.1, 0.15) is 0 Å². The van der Waals surface area contributed by atoms with Crippen LogP contribution in [-0.4, -0.2) is 6.04 Å². The molecule has 1 atom stereocenters. The third kappa shape index (κ3) is 11.4. The smallest absolute Gasteiger partial charge is 0.00509 e. The molecule has 0 saturated heterocycles. The first-order chi connectivity index (χ1) is 7.72. The minimum Gasteiger partial charge on any atom is -0.328 e. The maximum Gasteiger partial charge on any atom is 0.00509 e. The number of nitrogens with two attached hydrogens (primary N) is 1. The van der Waals surface area contributed by atoms with Crippen LogP contribution < -0.4 is 5.73 Å². The molecule has 1 heteroatoms. The molecular weight excluding hydrogens is 206 g/mol. The number of aryl methyl sites for hydroxylation is 1. The third-order valence-corrected chi connectivity index (χ3v) is 1.96. The molecule has 0 spiro atoms. The molecule has 0 amide bonds. The summed E-state index contributed by atoms with van der Waals surface area (Å²) in [6, 6.07) is 8.91. The van der Waals surface area contributed by atoms with Crippen molar-refractivity contribution in [1.29, 1.82) is 0 Å². The van der Waals surface area contributed by atoms with Crippen molar-refractivity contribution < 1.29 is 0 Å². The highest BCUT2D eigenvalue weighted by molar-refractivity contribution is 5.23. The molecule has 17 heavy (non-hydrogen) atoms. The van der Waals surface area contributed by atoms with Crippen LogP contribution in [0.1, 0.15) is 60.1 Å². The highest BCUT2D eigenvalue weighted by atomic mass is 14.6. The summed E-state index contributed by atoms with van der Waals surface area (Å²) in [6.45, 7) is 12.2. The Morgan fingerprint density at radius 1 is 1.06 bits per heavy atom. The number of hydrogen-bond acceptors (Lipinski definition) is 1. The number of rotatable bonds is 3. The maximum atomic E-state index is 5.72. The topological polar surface area (TPSA) is 26.0 Å². The molecule has 2 N–H and O–H groups in total. The van der Waals surface area contributed by atoms with Crippen molar-refractivity contribution in [3.63, 3.8) is 0 Å². The van der Waals surface area contributed by atoms with Gasteiger partial charge in [0.2, 0.25) is 0 Å². The van der Waals surface area contributed by atoms with E-state index in [0.717, 1.165) is 12.8 Å². The molecule has 102 valence electrons. The van der Waals surface area contributed by atoms with Crippen LogP contribution in [0.3, 0.4) is 0 Å². The van der Waals surface area contributed by atoms with E-state index in [9.17, 15) is 0 Å². The molecule has 0 aromatic heterocycles. The summed E-state index contributed by atoms with van der Waals surface area (Å²) < 4.78 is 0. The average molecular weight is 239 g/mol. The van der Waals surface area contributed by atoms with Crippen molar-refractivity contribution in [3.05, 3.63) is 35.4 Å². The lowest BCUT2D eigenvalue weighted by Crippen LogP contribution is -2.17. The highest BCUT2D eigenvalue weighted by Gasteiger charge is 1.97. The van der Waals surface area contributed by atoms with Gasteiger partial charge in [-0.05, 0) is 30.9 Å². The van der Waals surface area contributed by atoms with Gasteiger partial charge in [0.25, 0.3) is 0 Å². The van der Waals surface area contributed by atoms with E-state index < -0.39 is 0 Å². The van der Waals surface area contributed by atoms with Gasteiger partial charge in [-0.25, -0.2) is 0 Å². The van der Waals surface area contributed by atoms with E-state index in [1.165, 1.54) is 11.1 Å². The van der Waals surface area contributed by atoms with E-state index in [2.05, 4.69) is 31.2 Å². The van der Waals surface area contributed by atoms with E-state index in [-0.39, 0.29) is 13.5 Å². The van der Waals surface area contributed by atoms with Crippen LogP contribution in [0.5, 0.6) is 0 Å². The third-order valence-electron chi connectivity index (χ3n) is 1.96. The van der Waals surface area contributed by atoms with Crippen LogP contribution in [0.25, 0.3) is 0 Å². The number of benzene rings is 1. The molecular formula is C16H33N. The standard InChI is InChI=1S/C11H17N.2C2H6.CH4/c1-3-10-5-4-6-11(8-10)7-9(2)12;2*1-2;/h4-6,8-9H,3,7,12H2,1-2H3;2*1-2H3;1H4. The van der Waals surface area contributed by atoms with Crippen LogP contribution >= 0.6 is 0 Å². The second-order valence-corrected chi connectivity index (χ2v) is 3.35. The van der Waals surface area contributed by atoms with Crippen molar-refractivity contribution >= 4 is 0 Å². The molecule has 1 nitrogen and oxygen atoms in total. The molecule has 0 fully saturated rings. The Kier molecular flexibility index (Phi) is 19.2. The molecule has 1 aromatic rings. The first-order valence-corrected chi connectivity index (χ1v) is 6.55. The lowest BCUT2D eigenvalue weighted by atomic mass is 10.0. The zero-order chi connectivity index (χ0) is 13.0. The summed E-state index contributed by atoms with van der Waals surface area (Å²) in [4.78, 5) is 0. The zero-order valence-electron chi connectivity index (χ0n) is 11.9. The van der Waals surface area contributed by atoms with E-state index >= 15 is 0 Å². The van der Waals surface area contributed by atoms with Gasteiger partial charge in [-0.1, -0.05) is 66.3 Å². The Balaban J connectivity index is -0.000000355. The maximum absolute atomic E-state index is 5.72. The van der Waals surface area contributed by atoms with Gasteiger partial charge in [0.05, 0.1) is 0 Å². The van der Waals surface area contributed by atoms with Gasteiger partial charge >= 0.3 is 0 Å². The van der Waals surface area contributed by atoms with Crippen LogP contribution in [-0.2, 0) is 12.8 Å².